The van der Waals surface area contributed by atoms with Crippen LogP contribution in [0.5, 0.6) is 0 Å². The quantitative estimate of drug-likeness (QED) is 0.494. The molecule has 4 aromatic rings. The van der Waals surface area contributed by atoms with Crippen LogP contribution >= 0.6 is 0 Å². The number of fused-ring (bicyclic) bond motifs is 2. The van der Waals surface area contributed by atoms with Crippen molar-refractivity contribution in [3.63, 3.8) is 0 Å². The van der Waals surface area contributed by atoms with Crippen LogP contribution in [0.4, 0.5) is 17.2 Å². The molecule has 31 heavy (non-hydrogen) atoms. The zero-order chi connectivity index (χ0) is 21.2. The fourth-order valence-corrected chi connectivity index (χ4v) is 3.75. The average Bonchev–Trinajstić information content (AvgIpc) is 3.46. The summed E-state index contributed by atoms with van der Waals surface area (Å²) in [6, 6.07) is 12.6. The van der Waals surface area contributed by atoms with E-state index in [2.05, 4.69) is 61.7 Å². The molecule has 0 fully saturated rings. The molecule has 0 aliphatic carbocycles. The first-order valence-electron chi connectivity index (χ1n) is 10.2. The number of aliphatic imine (C=N–C) groups is 1. The predicted molar refractivity (Wildman–Crippen MR) is 125 cm³/mol. The molecule has 0 radical (unpaired) electrons. The lowest BCUT2D eigenvalue weighted by Gasteiger charge is -2.18. The molecule has 0 bridgehead atoms. The standard InChI is InChI=1S/C24H24N6O/c1-29(9-10-31-2)21-5-6-23(27-15-21)28-22-12-20(16-30-8-7-26-24(22)30)17-3-4-18-13-25-14-19(18)11-17/h3-8,11-13,15-16H,9-10,14H2,1-2H3,(H,27,28). The fraction of sp³-hybridized carbons (Fsp3) is 0.208. The molecule has 0 saturated carbocycles. The molecule has 0 saturated heterocycles. The highest BCUT2D eigenvalue weighted by molar-refractivity contribution is 5.86. The number of methoxy groups -OCH3 is 1. The van der Waals surface area contributed by atoms with Gasteiger partial charge in [-0.15, -0.1) is 0 Å². The Labute approximate surface area is 181 Å². The molecular formula is C24H24N6O. The molecule has 1 aliphatic heterocycles. The van der Waals surface area contributed by atoms with E-state index in [1.54, 1.807) is 7.11 Å². The molecule has 7 nitrogen and oxygen atoms in total. The normalized spacial score (nSPS) is 12.3. The third kappa shape index (κ3) is 3.87. The number of imidazole rings is 1. The van der Waals surface area contributed by atoms with E-state index in [0.717, 1.165) is 47.1 Å². The summed E-state index contributed by atoms with van der Waals surface area (Å²) in [5.41, 5.74) is 7.54. The van der Waals surface area contributed by atoms with Crippen molar-refractivity contribution in [3.8, 4) is 11.1 Å². The molecule has 156 valence electrons. The minimum absolute atomic E-state index is 0.677. The Hall–Kier alpha value is -3.71. The van der Waals surface area contributed by atoms with E-state index in [1.165, 1.54) is 11.1 Å². The molecular weight excluding hydrogens is 388 g/mol. The van der Waals surface area contributed by atoms with Crippen LogP contribution in [0.15, 0.2) is 66.2 Å². The first-order chi connectivity index (χ1) is 15.2. The van der Waals surface area contributed by atoms with Crippen LogP contribution in [-0.2, 0) is 11.3 Å². The van der Waals surface area contributed by atoms with Gasteiger partial charge in [-0.3, -0.25) is 4.99 Å². The molecule has 1 aliphatic rings. The predicted octanol–water partition coefficient (Wildman–Crippen LogP) is 4.16. The number of aromatic nitrogens is 3. The second-order valence-electron chi connectivity index (χ2n) is 7.62. The van der Waals surface area contributed by atoms with Crippen molar-refractivity contribution >= 4 is 29.1 Å². The molecule has 1 N–H and O–H groups in total. The van der Waals surface area contributed by atoms with Crippen molar-refractivity contribution < 1.29 is 4.74 Å². The summed E-state index contributed by atoms with van der Waals surface area (Å²) in [5, 5.41) is 3.44. The van der Waals surface area contributed by atoms with E-state index in [-0.39, 0.29) is 0 Å². The Morgan fingerprint density at radius 2 is 2.06 bits per heavy atom. The number of benzene rings is 1. The first kappa shape index (κ1) is 19.3. The van der Waals surface area contributed by atoms with Crippen molar-refractivity contribution in [1.29, 1.82) is 0 Å². The fourth-order valence-electron chi connectivity index (χ4n) is 3.75. The number of rotatable bonds is 7. The highest BCUT2D eigenvalue weighted by Gasteiger charge is 2.12. The summed E-state index contributed by atoms with van der Waals surface area (Å²) < 4.78 is 7.19. The lowest BCUT2D eigenvalue weighted by molar-refractivity contribution is 0.206. The van der Waals surface area contributed by atoms with Crippen molar-refractivity contribution in [1.82, 2.24) is 14.4 Å². The summed E-state index contributed by atoms with van der Waals surface area (Å²) in [7, 11) is 3.74. The van der Waals surface area contributed by atoms with Crippen LogP contribution in [0.3, 0.4) is 0 Å². The number of hydrogen-bond donors (Lipinski definition) is 1. The van der Waals surface area contributed by atoms with Gasteiger partial charge in [-0.05, 0) is 41.0 Å². The van der Waals surface area contributed by atoms with Gasteiger partial charge in [0, 0.05) is 51.1 Å². The largest absolute Gasteiger partial charge is 0.383 e. The summed E-state index contributed by atoms with van der Waals surface area (Å²) >= 11 is 0. The van der Waals surface area contributed by atoms with Crippen LogP contribution in [0, 0.1) is 0 Å². The number of likely N-dealkylation sites (N-methyl/N-ethyl adjacent to an activating group) is 1. The Bertz CT molecular complexity index is 1240. The Morgan fingerprint density at radius 3 is 2.90 bits per heavy atom. The number of nitrogens with one attached hydrogen (secondary N) is 1. The molecule has 5 rings (SSSR count). The second kappa shape index (κ2) is 8.20. The molecule has 0 unspecified atom stereocenters. The van der Waals surface area contributed by atoms with Crippen molar-refractivity contribution in [2.75, 3.05) is 37.5 Å². The zero-order valence-corrected chi connectivity index (χ0v) is 17.6. The summed E-state index contributed by atoms with van der Waals surface area (Å²) in [4.78, 5) is 15.6. The minimum atomic E-state index is 0.677. The molecule has 1 aromatic carbocycles. The van der Waals surface area contributed by atoms with Crippen LogP contribution in [-0.4, -0.2) is 47.9 Å². The zero-order valence-electron chi connectivity index (χ0n) is 17.6. The number of hydrogen-bond acceptors (Lipinski definition) is 6. The highest BCUT2D eigenvalue weighted by atomic mass is 16.5. The van der Waals surface area contributed by atoms with Crippen molar-refractivity contribution in [2.24, 2.45) is 4.99 Å². The monoisotopic (exact) mass is 412 g/mol. The summed E-state index contributed by atoms with van der Waals surface area (Å²) in [5.74, 6) is 0.772. The van der Waals surface area contributed by atoms with Gasteiger partial charge < -0.3 is 19.4 Å². The van der Waals surface area contributed by atoms with Crippen LogP contribution < -0.4 is 10.2 Å². The van der Waals surface area contributed by atoms with Gasteiger partial charge in [-0.1, -0.05) is 12.1 Å². The number of anilines is 3. The van der Waals surface area contributed by atoms with Gasteiger partial charge >= 0.3 is 0 Å². The van der Waals surface area contributed by atoms with Gasteiger partial charge in [0.1, 0.15) is 5.82 Å². The van der Waals surface area contributed by atoms with Gasteiger partial charge in [0.2, 0.25) is 0 Å². The summed E-state index contributed by atoms with van der Waals surface area (Å²) in [6.07, 6.45) is 9.68. The Balaban J connectivity index is 1.44. The van der Waals surface area contributed by atoms with E-state index in [9.17, 15) is 0 Å². The Kier molecular flexibility index (Phi) is 5.09. The van der Waals surface area contributed by atoms with Crippen molar-refractivity contribution in [3.05, 3.63) is 72.3 Å². The highest BCUT2D eigenvalue weighted by Crippen LogP contribution is 2.30. The van der Waals surface area contributed by atoms with Crippen LogP contribution in [0.2, 0.25) is 0 Å². The number of pyridine rings is 2. The van der Waals surface area contributed by atoms with E-state index < -0.39 is 0 Å². The van der Waals surface area contributed by atoms with Gasteiger partial charge in [-0.25, -0.2) is 9.97 Å². The maximum absolute atomic E-state index is 5.15. The third-order valence-electron chi connectivity index (χ3n) is 5.54. The maximum Gasteiger partial charge on any atom is 0.160 e. The van der Waals surface area contributed by atoms with Gasteiger partial charge in [0.05, 0.1) is 30.7 Å². The van der Waals surface area contributed by atoms with E-state index >= 15 is 0 Å². The smallest absolute Gasteiger partial charge is 0.160 e. The molecule has 4 heterocycles. The van der Waals surface area contributed by atoms with Crippen LogP contribution in [0.25, 0.3) is 16.8 Å². The second-order valence-corrected chi connectivity index (χ2v) is 7.62. The van der Waals surface area contributed by atoms with E-state index in [1.807, 2.05) is 42.3 Å². The molecule has 0 spiro atoms. The number of nitrogens with zero attached hydrogens (tertiary/aromatic N) is 5. The van der Waals surface area contributed by atoms with E-state index in [4.69, 9.17) is 4.74 Å². The topological polar surface area (TPSA) is 67.0 Å². The minimum Gasteiger partial charge on any atom is -0.383 e. The van der Waals surface area contributed by atoms with E-state index in [0.29, 0.717) is 6.61 Å². The molecule has 0 atom stereocenters. The molecule has 3 aromatic heterocycles. The number of ether oxygens (including phenoxy) is 1. The molecule has 0 amide bonds. The third-order valence-corrected chi connectivity index (χ3v) is 5.54. The van der Waals surface area contributed by atoms with Crippen molar-refractivity contribution in [2.45, 2.75) is 6.54 Å². The van der Waals surface area contributed by atoms with Gasteiger partial charge in [0.25, 0.3) is 0 Å². The van der Waals surface area contributed by atoms with Gasteiger partial charge in [-0.2, -0.15) is 0 Å². The summed E-state index contributed by atoms with van der Waals surface area (Å²) in [6.45, 7) is 2.24. The average molecular weight is 412 g/mol. The van der Waals surface area contributed by atoms with Crippen LogP contribution in [0.1, 0.15) is 11.1 Å². The lowest BCUT2D eigenvalue weighted by atomic mass is 10.0. The molecule has 7 heteroatoms. The van der Waals surface area contributed by atoms with Gasteiger partial charge in [0.15, 0.2) is 5.65 Å². The maximum atomic E-state index is 5.15. The SMILES string of the molecule is COCCN(C)c1ccc(Nc2cc(-c3ccc4c(c3)CN=C4)cn3ccnc23)nc1. The lowest BCUT2D eigenvalue weighted by Crippen LogP contribution is -2.22. The Morgan fingerprint density at radius 1 is 1.13 bits per heavy atom. The first-order valence-corrected chi connectivity index (χ1v) is 10.2.